The molecule has 166 valence electrons. The molecule has 0 spiro atoms. The van der Waals surface area contributed by atoms with E-state index in [4.69, 9.17) is 23.2 Å². The number of anilines is 4. The molecule has 32 heavy (non-hydrogen) atoms. The van der Waals surface area contributed by atoms with Gasteiger partial charge in [0.1, 0.15) is 5.82 Å². The van der Waals surface area contributed by atoms with E-state index in [-0.39, 0.29) is 5.91 Å². The number of hydrogen-bond acceptors (Lipinski definition) is 5. The van der Waals surface area contributed by atoms with E-state index >= 15 is 0 Å². The summed E-state index contributed by atoms with van der Waals surface area (Å²) >= 11 is 12.4. The van der Waals surface area contributed by atoms with Crippen LogP contribution in [0.3, 0.4) is 0 Å². The van der Waals surface area contributed by atoms with E-state index in [0.29, 0.717) is 39.1 Å². The third-order valence-corrected chi connectivity index (χ3v) is 5.78. The largest absolute Gasteiger partial charge is 0.354 e. The molecule has 2 atom stereocenters. The summed E-state index contributed by atoms with van der Waals surface area (Å²) in [6, 6.07) is 17.1. The van der Waals surface area contributed by atoms with Gasteiger partial charge in [0, 0.05) is 47.8 Å². The van der Waals surface area contributed by atoms with Gasteiger partial charge in [0.25, 0.3) is 5.91 Å². The molecule has 1 aliphatic heterocycles. The highest BCUT2D eigenvalue weighted by Gasteiger charge is 2.22. The second kappa shape index (κ2) is 9.77. The molecule has 1 fully saturated rings. The SMILES string of the molecule is C[C@@H]1CN(c2ccc(C(=O)Nc3ccc(Cl)c(Nc4cccc(Cl)c4)c3)cn2)C[C@H](C)N1. The summed E-state index contributed by atoms with van der Waals surface area (Å²) in [5.41, 5.74) is 2.59. The number of nitrogens with zero attached hydrogens (tertiary/aromatic N) is 2. The zero-order valence-corrected chi connectivity index (χ0v) is 19.4. The maximum absolute atomic E-state index is 12.8. The third-order valence-electron chi connectivity index (χ3n) is 5.22. The Hall–Kier alpha value is -2.80. The molecule has 0 bridgehead atoms. The molecule has 4 rings (SSSR count). The average Bonchev–Trinajstić information content (AvgIpc) is 2.75. The molecule has 3 aromatic rings. The lowest BCUT2D eigenvalue weighted by Crippen LogP contribution is -2.54. The van der Waals surface area contributed by atoms with Crippen molar-refractivity contribution in [3.05, 3.63) is 76.4 Å². The van der Waals surface area contributed by atoms with Crippen molar-refractivity contribution >= 4 is 52.0 Å². The molecule has 2 heterocycles. The maximum atomic E-state index is 12.8. The fraction of sp³-hybridized carbons (Fsp3) is 0.250. The maximum Gasteiger partial charge on any atom is 0.257 e. The van der Waals surface area contributed by atoms with Gasteiger partial charge in [-0.05, 0) is 62.4 Å². The second-order valence-electron chi connectivity index (χ2n) is 8.06. The molecule has 6 nitrogen and oxygen atoms in total. The number of hydrogen-bond donors (Lipinski definition) is 3. The van der Waals surface area contributed by atoms with Gasteiger partial charge in [-0.3, -0.25) is 4.79 Å². The van der Waals surface area contributed by atoms with E-state index in [9.17, 15) is 4.79 Å². The number of pyridine rings is 1. The minimum absolute atomic E-state index is 0.234. The standard InChI is InChI=1S/C24H25Cl2N5O/c1-15-13-31(14-16(2)28-15)23-9-6-17(12-27-23)24(32)30-20-7-8-21(26)22(11-20)29-19-5-3-4-18(25)10-19/h3-12,15-16,28-29H,13-14H2,1-2H3,(H,30,32)/t15-,16+. The smallest absolute Gasteiger partial charge is 0.257 e. The first kappa shape index (κ1) is 22.4. The predicted molar refractivity (Wildman–Crippen MR) is 133 cm³/mol. The number of carbonyl (C=O) groups is 1. The Kier molecular flexibility index (Phi) is 6.84. The van der Waals surface area contributed by atoms with E-state index in [2.05, 4.69) is 39.7 Å². The Morgan fingerprint density at radius 1 is 1.03 bits per heavy atom. The lowest BCUT2D eigenvalue weighted by Gasteiger charge is -2.36. The first-order chi connectivity index (χ1) is 15.4. The summed E-state index contributed by atoms with van der Waals surface area (Å²) in [6.45, 7) is 6.09. The van der Waals surface area contributed by atoms with Gasteiger partial charge in [0.05, 0.1) is 16.3 Å². The molecule has 0 radical (unpaired) electrons. The number of aromatic nitrogens is 1. The van der Waals surface area contributed by atoms with Gasteiger partial charge >= 0.3 is 0 Å². The molecule has 1 amide bonds. The van der Waals surface area contributed by atoms with Crippen LogP contribution in [0.15, 0.2) is 60.8 Å². The quantitative estimate of drug-likeness (QED) is 0.455. The van der Waals surface area contributed by atoms with Crippen molar-refractivity contribution in [2.45, 2.75) is 25.9 Å². The lowest BCUT2D eigenvalue weighted by atomic mass is 10.1. The van der Waals surface area contributed by atoms with E-state index in [1.165, 1.54) is 0 Å². The number of benzene rings is 2. The first-order valence-corrected chi connectivity index (χ1v) is 11.2. The molecule has 8 heteroatoms. The Balaban J connectivity index is 1.44. The zero-order chi connectivity index (χ0) is 22.7. The lowest BCUT2D eigenvalue weighted by molar-refractivity contribution is 0.102. The van der Waals surface area contributed by atoms with Crippen LogP contribution in [0.4, 0.5) is 22.9 Å². The van der Waals surface area contributed by atoms with Crippen LogP contribution in [0.1, 0.15) is 24.2 Å². The molecular formula is C24H25Cl2N5O. The van der Waals surface area contributed by atoms with Crippen LogP contribution in [-0.4, -0.2) is 36.1 Å². The number of nitrogens with one attached hydrogen (secondary N) is 3. The number of halogens is 2. The summed E-state index contributed by atoms with van der Waals surface area (Å²) in [7, 11) is 0. The van der Waals surface area contributed by atoms with Crippen molar-refractivity contribution in [3.63, 3.8) is 0 Å². The van der Waals surface area contributed by atoms with Gasteiger partial charge in [-0.2, -0.15) is 0 Å². The van der Waals surface area contributed by atoms with E-state index < -0.39 is 0 Å². The fourth-order valence-electron chi connectivity index (χ4n) is 3.85. The van der Waals surface area contributed by atoms with Crippen LogP contribution in [0.5, 0.6) is 0 Å². The molecule has 1 aliphatic rings. The summed E-state index contributed by atoms with van der Waals surface area (Å²) in [5, 5.41) is 10.8. The van der Waals surface area contributed by atoms with Crippen LogP contribution >= 0.6 is 23.2 Å². The highest BCUT2D eigenvalue weighted by Crippen LogP contribution is 2.29. The number of piperazine rings is 1. The summed E-state index contributed by atoms with van der Waals surface area (Å²) in [6.07, 6.45) is 1.61. The van der Waals surface area contributed by atoms with Crippen molar-refractivity contribution < 1.29 is 4.79 Å². The van der Waals surface area contributed by atoms with E-state index in [1.807, 2.05) is 18.2 Å². The van der Waals surface area contributed by atoms with Crippen LogP contribution in [0, 0.1) is 0 Å². The van der Waals surface area contributed by atoms with Gasteiger partial charge in [-0.15, -0.1) is 0 Å². The molecular weight excluding hydrogens is 445 g/mol. The van der Waals surface area contributed by atoms with E-state index in [1.54, 1.807) is 42.6 Å². The summed E-state index contributed by atoms with van der Waals surface area (Å²) < 4.78 is 0. The van der Waals surface area contributed by atoms with Crippen LogP contribution < -0.4 is 20.9 Å². The van der Waals surface area contributed by atoms with Gasteiger partial charge in [0.2, 0.25) is 0 Å². The highest BCUT2D eigenvalue weighted by molar-refractivity contribution is 6.33. The van der Waals surface area contributed by atoms with Crippen LogP contribution in [0.2, 0.25) is 10.0 Å². The molecule has 0 aliphatic carbocycles. The number of rotatable bonds is 5. The minimum Gasteiger partial charge on any atom is -0.354 e. The molecule has 0 saturated carbocycles. The Labute approximate surface area is 197 Å². The predicted octanol–water partition coefficient (Wildman–Crippen LogP) is 5.57. The Morgan fingerprint density at radius 2 is 1.81 bits per heavy atom. The minimum atomic E-state index is -0.234. The molecule has 1 aromatic heterocycles. The average molecular weight is 470 g/mol. The van der Waals surface area contributed by atoms with Crippen molar-refractivity contribution in [1.82, 2.24) is 10.3 Å². The Bertz CT molecular complexity index is 1100. The topological polar surface area (TPSA) is 69.3 Å². The van der Waals surface area contributed by atoms with Crippen molar-refractivity contribution in [2.24, 2.45) is 0 Å². The van der Waals surface area contributed by atoms with Crippen LogP contribution in [-0.2, 0) is 0 Å². The van der Waals surface area contributed by atoms with Crippen molar-refractivity contribution in [1.29, 1.82) is 0 Å². The van der Waals surface area contributed by atoms with Crippen LogP contribution in [0.25, 0.3) is 0 Å². The van der Waals surface area contributed by atoms with Gasteiger partial charge in [-0.25, -0.2) is 4.98 Å². The van der Waals surface area contributed by atoms with Crippen molar-refractivity contribution in [2.75, 3.05) is 28.6 Å². The number of amides is 1. The monoisotopic (exact) mass is 469 g/mol. The summed E-state index contributed by atoms with van der Waals surface area (Å²) in [5.74, 6) is 0.642. The molecule has 1 saturated heterocycles. The van der Waals surface area contributed by atoms with Gasteiger partial charge in [-0.1, -0.05) is 29.3 Å². The first-order valence-electron chi connectivity index (χ1n) is 10.5. The highest BCUT2D eigenvalue weighted by atomic mass is 35.5. The summed E-state index contributed by atoms with van der Waals surface area (Å²) in [4.78, 5) is 19.5. The normalized spacial score (nSPS) is 18.3. The molecule has 0 unspecified atom stereocenters. The van der Waals surface area contributed by atoms with Crippen molar-refractivity contribution in [3.8, 4) is 0 Å². The fourth-order valence-corrected chi connectivity index (χ4v) is 4.20. The Morgan fingerprint density at radius 3 is 2.50 bits per heavy atom. The molecule has 3 N–H and O–H groups in total. The van der Waals surface area contributed by atoms with Gasteiger partial charge in [0.15, 0.2) is 0 Å². The molecule has 2 aromatic carbocycles. The number of carbonyl (C=O) groups excluding carboxylic acids is 1. The second-order valence-corrected chi connectivity index (χ2v) is 8.91. The van der Waals surface area contributed by atoms with E-state index in [0.717, 1.165) is 24.6 Å². The van der Waals surface area contributed by atoms with Gasteiger partial charge < -0.3 is 20.9 Å². The zero-order valence-electron chi connectivity index (χ0n) is 17.9. The third kappa shape index (κ3) is 5.51.